The average Bonchev–Trinajstić information content (AvgIpc) is 3.45. The third kappa shape index (κ3) is 7.38. The molecule has 6 nitrogen and oxygen atoms in total. The van der Waals surface area contributed by atoms with Crippen LogP contribution in [0.5, 0.6) is 0 Å². The molecule has 48 heavy (non-hydrogen) atoms. The Bertz CT molecular complexity index is 2080. The van der Waals surface area contributed by atoms with Crippen LogP contribution in [-0.4, -0.2) is 30.2 Å². The van der Waals surface area contributed by atoms with E-state index in [1.54, 1.807) is 0 Å². The van der Waals surface area contributed by atoms with Crippen molar-refractivity contribution in [3.05, 3.63) is 96.3 Å². The summed E-state index contributed by atoms with van der Waals surface area (Å²) < 4.78 is 2.04. The van der Waals surface area contributed by atoms with Gasteiger partial charge in [-0.25, -0.2) is 9.97 Å². The third-order valence-corrected chi connectivity index (χ3v) is 9.29. The van der Waals surface area contributed by atoms with Crippen LogP contribution in [-0.2, 0) is 30.3 Å². The summed E-state index contributed by atoms with van der Waals surface area (Å²) in [4.78, 5) is 26.4. The number of ketones is 1. The van der Waals surface area contributed by atoms with Crippen LogP contribution in [0.4, 0.5) is 0 Å². The smallest absolute Gasteiger partial charge is 0.162 e. The summed E-state index contributed by atoms with van der Waals surface area (Å²) in [5.74, 6) is 0.547. The molecule has 0 saturated heterocycles. The van der Waals surface area contributed by atoms with E-state index in [1.165, 1.54) is 17.0 Å². The van der Waals surface area contributed by atoms with Crippen LogP contribution < -0.4 is 0 Å². The molecule has 0 aliphatic rings. The van der Waals surface area contributed by atoms with Gasteiger partial charge in [0.2, 0.25) is 0 Å². The number of para-hydroxylation sites is 1. The van der Waals surface area contributed by atoms with Gasteiger partial charge in [-0.2, -0.15) is 0 Å². The number of nitrogens with zero attached hydrogens (tertiary/aromatic N) is 4. The molecule has 3 aromatic heterocycles. The van der Waals surface area contributed by atoms with E-state index in [-0.39, 0.29) is 48.9 Å². The van der Waals surface area contributed by atoms with E-state index < -0.39 is 0 Å². The van der Waals surface area contributed by atoms with Gasteiger partial charge in [0, 0.05) is 66.4 Å². The number of hydrogen-bond donors (Lipinski definition) is 1. The van der Waals surface area contributed by atoms with E-state index in [9.17, 15) is 9.90 Å². The fraction of sp³-hybridized carbons (Fsp3) is 0.366. The third-order valence-electron chi connectivity index (χ3n) is 9.29. The number of aliphatic hydroxyl groups excluding tert-OH is 1. The Balaban J connectivity index is 0.000000279. The molecule has 0 unspecified atom stereocenters. The zero-order valence-electron chi connectivity index (χ0n) is 29.4. The van der Waals surface area contributed by atoms with E-state index in [2.05, 4.69) is 69.3 Å². The van der Waals surface area contributed by atoms with Gasteiger partial charge in [-0.15, -0.1) is 29.1 Å². The van der Waals surface area contributed by atoms with E-state index in [0.717, 1.165) is 75.5 Å². The van der Waals surface area contributed by atoms with Crippen molar-refractivity contribution in [3.8, 4) is 11.3 Å². The minimum absolute atomic E-state index is 0. The first-order valence-electron chi connectivity index (χ1n) is 16.9. The normalized spacial score (nSPS) is 12.2. The van der Waals surface area contributed by atoms with Crippen molar-refractivity contribution in [1.29, 1.82) is 0 Å². The second-order valence-electron chi connectivity index (χ2n) is 13.4. The van der Waals surface area contributed by atoms with Gasteiger partial charge < -0.3 is 5.11 Å². The maximum absolute atomic E-state index is 11.7. The number of carbonyl (C=O) groups excluding carboxylic acids is 1. The van der Waals surface area contributed by atoms with Crippen LogP contribution in [0.25, 0.3) is 49.5 Å². The largest absolute Gasteiger partial charge is 0.512 e. The van der Waals surface area contributed by atoms with Gasteiger partial charge in [0.05, 0.1) is 16.8 Å². The predicted molar refractivity (Wildman–Crippen MR) is 195 cm³/mol. The quantitative estimate of drug-likeness (QED) is 0.0716. The topological polar surface area (TPSA) is 80.4 Å². The molecule has 0 amide bonds. The van der Waals surface area contributed by atoms with Gasteiger partial charge in [0.25, 0.3) is 0 Å². The van der Waals surface area contributed by atoms with Crippen molar-refractivity contribution in [2.24, 2.45) is 11.8 Å². The Morgan fingerprint density at radius 1 is 0.917 bits per heavy atom. The molecule has 3 heterocycles. The Morgan fingerprint density at radius 2 is 1.54 bits per heavy atom. The number of aliphatic hydroxyl groups is 1. The first-order chi connectivity index (χ1) is 22.5. The molecule has 0 saturated carbocycles. The molecule has 6 aromatic rings. The van der Waals surface area contributed by atoms with Crippen molar-refractivity contribution in [3.63, 3.8) is 0 Å². The van der Waals surface area contributed by atoms with Crippen molar-refractivity contribution in [2.45, 2.75) is 86.5 Å². The van der Waals surface area contributed by atoms with Crippen LogP contribution in [0.1, 0.15) is 85.4 Å². The van der Waals surface area contributed by atoms with E-state index in [4.69, 9.17) is 15.0 Å². The standard InChI is InChI=1S/C28H23N4.C13H24O2.Ir/c1-17-15-29-27-24-21-11-7-8-12-23(21)31-25(26(24)30-16-32(17)27)19-13-18-9-5-6-10-20(18)22(14-19)28(2,3)4;1-5-10(6-2)12(14)9-13(15)11(7-3)8-4;/h5-12,14-16H,1-4H3;9-11,14H,5-8H2,1-4H3;/q-1;;/b;12-9-;. The average molecular weight is 820 g/mol. The number of allylic oxidation sites excluding steroid dienone is 2. The number of aryl methyl sites for hydroxylation is 1. The summed E-state index contributed by atoms with van der Waals surface area (Å²) in [7, 11) is 0. The van der Waals surface area contributed by atoms with E-state index in [0.29, 0.717) is 0 Å². The van der Waals surface area contributed by atoms with Crippen molar-refractivity contribution in [2.75, 3.05) is 0 Å². The molecule has 7 heteroatoms. The van der Waals surface area contributed by atoms with Crippen LogP contribution in [0, 0.1) is 24.8 Å². The summed E-state index contributed by atoms with van der Waals surface area (Å²) in [5, 5.41) is 14.2. The Morgan fingerprint density at radius 3 is 2.19 bits per heavy atom. The maximum Gasteiger partial charge on any atom is 0.162 e. The number of fused-ring (bicyclic) bond motifs is 6. The minimum Gasteiger partial charge on any atom is -0.512 e. The molecule has 0 bridgehead atoms. The number of imidazole rings is 1. The zero-order chi connectivity index (χ0) is 33.9. The van der Waals surface area contributed by atoms with E-state index >= 15 is 0 Å². The summed E-state index contributed by atoms with van der Waals surface area (Å²) >= 11 is 0. The summed E-state index contributed by atoms with van der Waals surface area (Å²) in [6.45, 7) is 16.9. The van der Waals surface area contributed by atoms with Crippen molar-refractivity contribution >= 4 is 44.0 Å². The first kappa shape index (κ1) is 36.9. The predicted octanol–water partition coefficient (Wildman–Crippen LogP) is 10.5. The summed E-state index contributed by atoms with van der Waals surface area (Å²) in [6.07, 6.45) is 8.65. The molecule has 0 aliphatic carbocycles. The Labute approximate surface area is 298 Å². The summed E-state index contributed by atoms with van der Waals surface area (Å²) in [5.41, 5.74) is 6.83. The van der Waals surface area contributed by atoms with Crippen LogP contribution >= 0.6 is 0 Å². The molecule has 0 fully saturated rings. The van der Waals surface area contributed by atoms with Crippen LogP contribution in [0.15, 0.2) is 79.0 Å². The van der Waals surface area contributed by atoms with Gasteiger partial charge in [0.1, 0.15) is 12.0 Å². The molecule has 6 rings (SSSR count). The minimum atomic E-state index is -0.0169. The zero-order valence-corrected chi connectivity index (χ0v) is 31.8. The molecule has 0 aliphatic heterocycles. The monoisotopic (exact) mass is 820 g/mol. The second kappa shape index (κ2) is 15.5. The number of hydrogen-bond acceptors (Lipinski definition) is 5. The Kier molecular flexibility index (Phi) is 11.9. The van der Waals surface area contributed by atoms with Crippen molar-refractivity contribution < 1.29 is 30.0 Å². The molecule has 0 spiro atoms. The molecule has 253 valence electrons. The van der Waals surface area contributed by atoms with Crippen molar-refractivity contribution in [1.82, 2.24) is 19.4 Å². The van der Waals surface area contributed by atoms with Crippen LogP contribution in [0.3, 0.4) is 0 Å². The Hall–Kier alpha value is -3.93. The fourth-order valence-electron chi connectivity index (χ4n) is 6.39. The maximum atomic E-state index is 11.7. The number of pyridine rings is 1. The van der Waals surface area contributed by atoms with Gasteiger partial charge >= 0.3 is 0 Å². The molecular formula is C41H47IrN4O2-. The molecule has 1 radical (unpaired) electrons. The summed E-state index contributed by atoms with van der Waals surface area (Å²) in [6, 6.07) is 22.6. The second-order valence-corrected chi connectivity index (χ2v) is 13.4. The molecule has 3 aromatic carbocycles. The van der Waals surface area contributed by atoms with Gasteiger partial charge in [-0.1, -0.05) is 95.8 Å². The van der Waals surface area contributed by atoms with E-state index in [1.807, 2.05) is 63.7 Å². The first-order valence-corrected chi connectivity index (χ1v) is 16.9. The van der Waals surface area contributed by atoms with Crippen LogP contribution in [0.2, 0.25) is 0 Å². The molecule has 1 N–H and O–H groups in total. The number of aromatic nitrogens is 4. The van der Waals surface area contributed by atoms with Gasteiger partial charge in [-0.3, -0.25) is 14.2 Å². The SMILES string of the molecule is CCC(CC)C(=O)/C=C(\O)C(CC)CC.Cc1cnc2c3c(ncn12)c(-c1[c-]c2ccccc2c(C(C)(C)C)c1)nc1ccccc13.[Ir]. The fourth-order valence-corrected chi connectivity index (χ4v) is 6.39. The molecular weight excluding hydrogens is 773 g/mol. The molecule has 0 atom stereocenters. The number of carbonyl (C=O) groups is 1. The number of rotatable bonds is 8. The van der Waals surface area contributed by atoms with Gasteiger partial charge in [0.15, 0.2) is 5.78 Å². The number of benzene rings is 3. The van der Waals surface area contributed by atoms with Gasteiger partial charge in [-0.05, 0) is 44.1 Å².